The lowest BCUT2D eigenvalue weighted by atomic mass is 10.1. The van der Waals surface area contributed by atoms with Gasteiger partial charge >= 0.3 is 0 Å². The van der Waals surface area contributed by atoms with E-state index in [1.807, 2.05) is 17.0 Å². The van der Waals surface area contributed by atoms with Crippen molar-refractivity contribution in [3.63, 3.8) is 0 Å². The molecule has 0 bridgehead atoms. The second-order valence-electron chi connectivity index (χ2n) is 8.37. The molecule has 2 aliphatic rings. The molecule has 1 aromatic heterocycles. The Morgan fingerprint density at radius 1 is 1.00 bits per heavy atom. The minimum Gasteiger partial charge on any atom is -0.378 e. The molecule has 10 nitrogen and oxygen atoms in total. The van der Waals surface area contributed by atoms with Crippen LogP contribution >= 0.6 is 0 Å². The van der Waals surface area contributed by atoms with E-state index in [0.717, 1.165) is 28.8 Å². The van der Waals surface area contributed by atoms with Gasteiger partial charge in [0.25, 0.3) is 5.91 Å². The number of nitrogens with zero attached hydrogens (tertiary/aromatic N) is 4. The van der Waals surface area contributed by atoms with Gasteiger partial charge in [-0.05, 0) is 35.9 Å². The Hall–Kier alpha value is -2.73. The molecule has 2 saturated heterocycles. The van der Waals surface area contributed by atoms with Crippen LogP contribution < -0.4 is 15.1 Å². The number of rotatable bonds is 7. The van der Waals surface area contributed by atoms with Gasteiger partial charge < -0.3 is 24.6 Å². The summed E-state index contributed by atoms with van der Waals surface area (Å²) in [6, 6.07) is 8.54. The minimum absolute atomic E-state index is 0.0816. The lowest BCUT2D eigenvalue weighted by molar-refractivity contribution is 0.0949. The molecule has 2 aromatic rings. The topological polar surface area (TPSA) is 104 Å². The van der Waals surface area contributed by atoms with Crippen molar-refractivity contribution in [3.05, 3.63) is 47.7 Å². The Morgan fingerprint density at radius 2 is 1.65 bits per heavy atom. The zero-order chi connectivity index (χ0) is 24.1. The summed E-state index contributed by atoms with van der Waals surface area (Å²) >= 11 is 0. The quantitative estimate of drug-likeness (QED) is 0.613. The zero-order valence-electron chi connectivity index (χ0n) is 19.6. The smallest absolute Gasteiger partial charge is 0.253 e. The summed E-state index contributed by atoms with van der Waals surface area (Å²) < 4.78 is 37.4. The highest BCUT2D eigenvalue weighted by molar-refractivity contribution is 7.89. The fourth-order valence-electron chi connectivity index (χ4n) is 3.96. The van der Waals surface area contributed by atoms with E-state index in [1.54, 1.807) is 18.3 Å². The predicted octanol–water partition coefficient (Wildman–Crippen LogP) is 0.935. The number of carbonyl (C=O) groups is 1. The van der Waals surface area contributed by atoms with Crippen molar-refractivity contribution in [1.29, 1.82) is 0 Å². The van der Waals surface area contributed by atoms with Crippen molar-refractivity contribution in [2.75, 3.05) is 76.5 Å². The van der Waals surface area contributed by atoms with Crippen LogP contribution in [0.25, 0.3) is 0 Å². The van der Waals surface area contributed by atoms with Crippen LogP contribution in [0.4, 0.5) is 11.5 Å². The van der Waals surface area contributed by atoms with E-state index in [9.17, 15) is 13.2 Å². The third kappa shape index (κ3) is 5.49. The molecule has 2 fully saturated rings. The maximum Gasteiger partial charge on any atom is 0.253 e. The van der Waals surface area contributed by atoms with Crippen LogP contribution in [0, 0.1) is 0 Å². The number of morpholine rings is 2. The average Bonchev–Trinajstić information content (AvgIpc) is 2.88. The fraction of sp³-hybridized carbons (Fsp3) is 0.478. The number of benzene rings is 1. The van der Waals surface area contributed by atoms with Gasteiger partial charge in [-0.2, -0.15) is 0 Å². The number of ether oxygens (including phenoxy) is 2. The van der Waals surface area contributed by atoms with Crippen molar-refractivity contribution in [1.82, 2.24) is 14.6 Å². The summed E-state index contributed by atoms with van der Waals surface area (Å²) in [4.78, 5) is 22.0. The number of carbonyl (C=O) groups excluding carboxylic acids is 1. The molecule has 0 aliphatic carbocycles. The Kier molecular flexibility index (Phi) is 7.67. The van der Waals surface area contributed by atoms with E-state index in [-0.39, 0.29) is 10.8 Å². The van der Waals surface area contributed by atoms with E-state index < -0.39 is 10.0 Å². The van der Waals surface area contributed by atoms with Crippen molar-refractivity contribution in [3.8, 4) is 0 Å². The SMILES string of the molecule is CN(C)S(=O)(=O)c1ccc(N2CCOCC2)c(C(=O)NCc2ccnc(N3CCOCC3)c2)c1. The Balaban J connectivity index is 1.56. The van der Waals surface area contributed by atoms with Crippen molar-refractivity contribution in [2.24, 2.45) is 0 Å². The lowest BCUT2D eigenvalue weighted by Crippen LogP contribution is -2.38. The van der Waals surface area contributed by atoms with Crippen LogP contribution in [0.15, 0.2) is 41.4 Å². The summed E-state index contributed by atoms with van der Waals surface area (Å²) in [5.41, 5.74) is 1.93. The Morgan fingerprint density at radius 3 is 2.29 bits per heavy atom. The molecular formula is C23H31N5O5S. The first-order valence-corrected chi connectivity index (χ1v) is 12.8. The highest BCUT2D eigenvalue weighted by Crippen LogP contribution is 2.26. The van der Waals surface area contributed by atoms with E-state index in [0.29, 0.717) is 57.3 Å². The van der Waals surface area contributed by atoms with Crippen LogP contribution in [0.5, 0.6) is 0 Å². The number of hydrogen-bond donors (Lipinski definition) is 1. The number of anilines is 2. The molecule has 34 heavy (non-hydrogen) atoms. The highest BCUT2D eigenvalue weighted by atomic mass is 32.2. The molecule has 4 rings (SSSR count). The monoisotopic (exact) mass is 489 g/mol. The molecule has 184 valence electrons. The van der Waals surface area contributed by atoms with Gasteiger partial charge in [-0.25, -0.2) is 17.7 Å². The number of aromatic nitrogens is 1. The first-order chi connectivity index (χ1) is 16.4. The molecule has 0 atom stereocenters. The lowest BCUT2D eigenvalue weighted by Gasteiger charge is -2.30. The average molecular weight is 490 g/mol. The summed E-state index contributed by atoms with van der Waals surface area (Å²) in [5.74, 6) is 0.519. The maximum absolute atomic E-state index is 13.3. The van der Waals surface area contributed by atoms with E-state index >= 15 is 0 Å². The van der Waals surface area contributed by atoms with Crippen molar-refractivity contribution >= 4 is 27.4 Å². The number of pyridine rings is 1. The molecule has 1 aromatic carbocycles. The van der Waals surface area contributed by atoms with Gasteiger partial charge in [0.2, 0.25) is 10.0 Å². The van der Waals surface area contributed by atoms with E-state index in [4.69, 9.17) is 9.47 Å². The largest absolute Gasteiger partial charge is 0.378 e. The number of hydrogen-bond acceptors (Lipinski definition) is 8. The zero-order valence-corrected chi connectivity index (χ0v) is 20.4. The van der Waals surface area contributed by atoms with Gasteiger partial charge in [-0.3, -0.25) is 4.79 Å². The molecule has 1 N–H and O–H groups in total. The van der Waals surface area contributed by atoms with Gasteiger partial charge in [-0.15, -0.1) is 0 Å². The number of sulfonamides is 1. The third-order valence-corrected chi connectivity index (χ3v) is 7.75. The predicted molar refractivity (Wildman–Crippen MR) is 129 cm³/mol. The molecular weight excluding hydrogens is 458 g/mol. The van der Waals surface area contributed by atoms with Crippen LogP contribution in [0.2, 0.25) is 0 Å². The normalized spacial score (nSPS) is 17.1. The highest BCUT2D eigenvalue weighted by Gasteiger charge is 2.24. The molecule has 0 radical (unpaired) electrons. The standard InChI is InChI=1S/C23H31N5O5S/c1-26(2)34(30,31)19-3-4-21(27-7-11-32-12-8-27)20(16-19)23(29)25-17-18-5-6-24-22(15-18)28-9-13-33-14-10-28/h3-6,15-16H,7-14,17H2,1-2H3,(H,25,29). The molecule has 11 heteroatoms. The first kappa shape index (κ1) is 24.4. The Bertz CT molecular complexity index is 1110. The van der Waals surface area contributed by atoms with Crippen LogP contribution in [0.1, 0.15) is 15.9 Å². The number of nitrogens with one attached hydrogen (secondary N) is 1. The van der Waals surface area contributed by atoms with Crippen LogP contribution in [0.3, 0.4) is 0 Å². The molecule has 2 aliphatic heterocycles. The van der Waals surface area contributed by atoms with E-state index in [2.05, 4.69) is 15.2 Å². The summed E-state index contributed by atoms with van der Waals surface area (Å²) in [6.45, 7) is 5.56. The summed E-state index contributed by atoms with van der Waals surface area (Å²) in [5, 5.41) is 2.96. The molecule has 3 heterocycles. The van der Waals surface area contributed by atoms with Crippen LogP contribution in [-0.2, 0) is 26.0 Å². The van der Waals surface area contributed by atoms with Crippen molar-refractivity contribution in [2.45, 2.75) is 11.4 Å². The fourth-order valence-corrected chi connectivity index (χ4v) is 4.89. The summed E-state index contributed by atoms with van der Waals surface area (Å²) in [7, 11) is -0.734. The van der Waals surface area contributed by atoms with Gasteiger partial charge in [0.1, 0.15) is 5.82 Å². The molecule has 1 amide bonds. The van der Waals surface area contributed by atoms with Gasteiger partial charge in [0.15, 0.2) is 0 Å². The van der Waals surface area contributed by atoms with Crippen molar-refractivity contribution < 1.29 is 22.7 Å². The molecule has 0 spiro atoms. The Labute approximate surface area is 200 Å². The second kappa shape index (κ2) is 10.7. The molecule has 0 saturated carbocycles. The number of amides is 1. The van der Waals surface area contributed by atoms with E-state index in [1.165, 1.54) is 20.2 Å². The van der Waals surface area contributed by atoms with Gasteiger partial charge in [0, 0.05) is 58.7 Å². The first-order valence-electron chi connectivity index (χ1n) is 11.3. The minimum atomic E-state index is -3.68. The maximum atomic E-state index is 13.3. The van der Waals surface area contributed by atoms with Crippen LogP contribution in [-0.4, -0.2) is 90.3 Å². The third-order valence-electron chi connectivity index (χ3n) is 5.94. The second-order valence-corrected chi connectivity index (χ2v) is 10.5. The molecule has 0 unspecified atom stereocenters. The van der Waals surface area contributed by atoms with Gasteiger partial charge in [0.05, 0.1) is 36.9 Å². The summed E-state index contributed by atoms with van der Waals surface area (Å²) in [6.07, 6.45) is 1.73. The van der Waals surface area contributed by atoms with Gasteiger partial charge in [-0.1, -0.05) is 0 Å².